The molecule has 21 heavy (non-hydrogen) atoms. The fourth-order valence-electron chi connectivity index (χ4n) is 1.92. The number of ether oxygens (including phenoxy) is 2. The van der Waals surface area contributed by atoms with E-state index in [9.17, 15) is 0 Å². The Morgan fingerprint density at radius 3 is 2.76 bits per heavy atom. The second kappa shape index (κ2) is 8.27. The van der Waals surface area contributed by atoms with Gasteiger partial charge in [-0.05, 0) is 31.2 Å². The summed E-state index contributed by atoms with van der Waals surface area (Å²) in [6, 6.07) is 9.80. The number of rotatable bonds is 8. The number of hydrogen-bond donors (Lipinski definition) is 1. The Labute approximate surface area is 134 Å². The molecule has 0 radical (unpaired) electrons. The van der Waals surface area contributed by atoms with Crippen molar-refractivity contribution >= 4 is 22.9 Å². The molecule has 1 N–H and O–H groups in total. The second-order valence-electron chi connectivity index (χ2n) is 4.64. The predicted octanol–water partition coefficient (Wildman–Crippen LogP) is 4.49. The van der Waals surface area contributed by atoms with E-state index in [1.165, 1.54) is 11.3 Å². The van der Waals surface area contributed by atoms with Crippen LogP contribution in [-0.4, -0.2) is 13.7 Å². The first-order valence-electron chi connectivity index (χ1n) is 6.97. The van der Waals surface area contributed by atoms with Crippen LogP contribution in [0.25, 0.3) is 0 Å². The molecule has 1 aromatic carbocycles. The molecule has 114 valence electrons. The number of benzene rings is 1. The van der Waals surface area contributed by atoms with Crippen LogP contribution in [-0.2, 0) is 13.2 Å². The van der Waals surface area contributed by atoms with Crippen molar-refractivity contribution in [2.24, 2.45) is 0 Å². The summed E-state index contributed by atoms with van der Waals surface area (Å²) in [6.45, 7) is 4.45. The minimum Gasteiger partial charge on any atom is -0.497 e. The average molecular weight is 326 g/mol. The Hall–Kier alpha value is -1.23. The summed E-state index contributed by atoms with van der Waals surface area (Å²) in [5.41, 5.74) is 1.13. The molecule has 0 saturated carbocycles. The molecule has 0 aliphatic carbocycles. The highest BCUT2D eigenvalue weighted by Crippen LogP contribution is 2.27. The monoisotopic (exact) mass is 325 g/mol. The summed E-state index contributed by atoms with van der Waals surface area (Å²) in [4.78, 5) is 1.11. The van der Waals surface area contributed by atoms with Gasteiger partial charge >= 0.3 is 0 Å². The SMILES string of the molecule is CCCNCc1ccc(OC)cc1OCc1ccc(Cl)s1. The van der Waals surface area contributed by atoms with Gasteiger partial charge in [0.2, 0.25) is 0 Å². The standard InChI is InChI=1S/C16H20ClNO2S/c1-3-8-18-10-12-4-5-13(19-2)9-15(12)20-11-14-6-7-16(17)21-14/h4-7,9,18H,3,8,10-11H2,1-2H3. The third-order valence-electron chi connectivity index (χ3n) is 3.02. The molecule has 0 saturated heterocycles. The van der Waals surface area contributed by atoms with Crippen molar-refractivity contribution in [2.75, 3.05) is 13.7 Å². The zero-order valence-corrected chi connectivity index (χ0v) is 13.9. The van der Waals surface area contributed by atoms with Crippen LogP contribution >= 0.6 is 22.9 Å². The van der Waals surface area contributed by atoms with E-state index in [4.69, 9.17) is 21.1 Å². The van der Waals surface area contributed by atoms with Crippen LogP contribution in [0.5, 0.6) is 11.5 Å². The van der Waals surface area contributed by atoms with Gasteiger partial charge in [-0.15, -0.1) is 11.3 Å². The summed E-state index contributed by atoms with van der Waals surface area (Å²) in [5.74, 6) is 1.65. The lowest BCUT2D eigenvalue weighted by molar-refractivity contribution is 0.303. The van der Waals surface area contributed by atoms with Crippen molar-refractivity contribution in [3.05, 3.63) is 45.1 Å². The summed E-state index contributed by atoms with van der Waals surface area (Å²) in [6.07, 6.45) is 1.11. The van der Waals surface area contributed by atoms with Gasteiger partial charge in [0.15, 0.2) is 0 Å². The van der Waals surface area contributed by atoms with Gasteiger partial charge in [0.1, 0.15) is 18.1 Å². The summed E-state index contributed by atoms with van der Waals surface area (Å²) in [7, 11) is 1.66. The quantitative estimate of drug-likeness (QED) is 0.725. The lowest BCUT2D eigenvalue weighted by Gasteiger charge is -2.13. The minimum absolute atomic E-state index is 0.519. The third-order valence-corrected chi connectivity index (χ3v) is 4.22. The molecule has 3 nitrogen and oxygen atoms in total. The maximum atomic E-state index is 5.94. The van der Waals surface area contributed by atoms with Gasteiger partial charge in [-0.25, -0.2) is 0 Å². The molecule has 0 amide bonds. The van der Waals surface area contributed by atoms with Crippen LogP contribution in [0, 0.1) is 0 Å². The molecule has 1 heterocycles. The summed E-state index contributed by atoms with van der Waals surface area (Å²) in [5, 5.41) is 3.39. The fraction of sp³-hybridized carbons (Fsp3) is 0.375. The number of halogens is 1. The summed E-state index contributed by atoms with van der Waals surface area (Å²) < 4.78 is 12.0. The van der Waals surface area contributed by atoms with Gasteiger partial charge in [-0.3, -0.25) is 0 Å². The first-order chi connectivity index (χ1) is 10.2. The Kier molecular flexibility index (Phi) is 6.36. The molecule has 0 unspecified atom stereocenters. The Morgan fingerprint density at radius 2 is 2.10 bits per heavy atom. The lowest BCUT2D eigenvalue weighted by atomic mass is 10.2. The molecule has 2 aromatic rings. The molecule has 0 atom stereocenters. The lowest BCUT2D eigenvalue weighted by Crippen LogP contribution is -2.14. The summed E-state index contributed by atoms with van der Waals surface area (Å²) >= 11 is 7.48. The maximum absolute atomic E-state index is 5.94. The van der Waals surface area contributed by atoms with E-state index >= 15 is 0 Å². The van der Waals surface area contributed by atoms with Crippen LogP contribution in [0.4, 0.5) is 0 Å². The van der Waals surface area contributed by atoms with Crippen molar-refractivity contribution in [1.82, 2.24) is 5.32 Å². The molecule has 0 aliphatic heterocycles. The number of methoxy groups -OCH3 is 1. The molecular formula is C16H20ClNO2S. The van der Waals surface area contributed by atoms with Crippen LogP contribution in [0.2, 0.25) is 4.34 Å². The molecular weight excluding hydrogens is 306 g/mol. The van der Waals surface area contributed by atoms with Crippen LogP contribution in [0.1, 0.15) is 23.8 Å². The van der Waals surface area contributed by atoms with E-state index < -0.39 is 0 Å². The molecule has 0 spiro atoms. The van der Waals surface area contributed by atoms with Gasteiger partial charge in [0.05, 0.1) is 11.4 Å². The Bertz CT molecular complexity index is 571. The van der Waals surface area contributed by atoms with Gasteiger partial charge < -0.3 is 14.8 Å². The van der Waals surface area contributed by atoms with E-state index in [2.05, 4.69) is 12.2 Å². The van der Waals surface area contributed by atoms with Crippen molar-refractivity contribution in [3.8, 4) is 11.5 Å². The highest BCUT2D eigenvalue weighted by atomic mass is 35.5. The molecule has 5 heteroatoms. The molecule has 0 aliphatic rings. The van der Waals surface area contributed by atoms with Gasteiger partial charge in [0.25, 0.3) is 0 Å². The zero-order valence-electron chi connectivity index (χ0n) is 12.3. The topological polar surface area (TPSA) is 30.5 Å². The van der Waals surface area contributed by atoms with E-state index in [0.717, 1.165) is 45.8 Å². The largest absolute Gasteiger partial charge is 0.497 e. The first kappa shape index (κ1) is 16.1. The van der Waals surface area contributed by atoms with Crippen LogP contribution in [0.15, 0.2) is 30.3 Å². The van der Waals surface area contributed by atoms with Crippen molar-refractivity contribution in [1.29, 1.82) is 0 Å². The van der Waals surface area contributed by atoms with E-state index in [-0.39, 0.29) is 0 Å². The Balaban J connectivity index is 2.06. The number of hydrogen-bond acceptors (Lipinski definition) is 4. The van der Waals surface area contributed by atoms with E-state index in [1.54, 1.807) is 7.11 Å². The highest BCUT2D eigenvalue weighted by molar-refractivity contribution is 7.16. The first-order valence-corrected chi connectivity index (χ1v) is 8.17. The van der Waals surface area contributed by atoms with E-state index in [0.29, 0.717) is 6.61 Å². The molecule has 2 rings (SSSR count). The maximum Gasteiger partial charge on any atom is 0.128 e. The van der Waals surface area contributed by atoms with Gasteiger partial charge in [0, 0.05) is 23.1 Å². The molecule has 1 aromatic heterocycles. The average Bonchev–Trinajstić information content (AvgIpc) is 2.92. The third kappa shape index (κ3) is 4.92. The van der Waals surface area contributed by atoms with Gasteiger partial charge in [-0.1, -0.05) is 24.6 Å². The second-order valence-corrected chi connectivity index (χ2v) is 6.44. The zero-order chi connectivity index (χ0) is 15.1. The number of thiophene rings is 1. The highest BCUT2D eigenvalue weighted by Gasteiger charge is 2.07. The van der Waals surface area contributed by atoms with Crippen molar-refractivity contribution in [3.63, 3.8) is 0 Å². The molecule has 0 fully saturated rings. The van der Waals surface area contributed by atoms with E-state index in [1.807, 2.05) is 30.3 Å². The Morgan fingerprint density at radius 1 is 1.24 bits per heavy atom. The molecule has 0 bridgehead atoms. The minimum atomic E-state index is 0.519. The van der Waals surface area contributed by atoms with Crippen molar-refractivity contribution in [2.45, 2.75) is 26.5 Å². The number of nitrogens with one attached hydrogen (secondary N) is 1. The fourth-order valence-corrected chi connectivity index (χ4v) is 2.92. The normalized spacial score (nSPS) is 10.6. The smallest absolute Gasteiger partial charge is 0.128 e. The predicted molar refractivity (Wildman–Crippen MR) is 88.7 cm³/mol. The van der Waals surface area contributed by atoms with Gasteiger partial charge in [-0.2, -0.15) is 0 Å². The van der Waals surface area contributed by atoms with Crippen LogP contribution in [0.3, 0.4) is 0 Å². The van der Waals surface area contributed by atoms with Crippen molar-refractivity contribution < 1.29 is 9.47 Å². The van der Waals surface area contributed by atoms with Crippen LogP contribution < -0.4 is 14.8 Å².